The van der Waals surface area contributed by atoms with Crippen LogP contribution in [0.1, 0.15) is 34.1 Å². The van der Waals surface area contributed by atoms with Gasteiger partial charge in [-0.15, -0.1) is 0 Å². The Morgan fingerprint density at radius 3 is 2.31 bits per heavy atom. The summed E-state index contributed by atoms with van der Waals surface area (Å²) in [6.07, 6.45) is 1.05. The lowest BCUT2D eigenvalue weighted by Crippen LogP contribution is -2.57. The first-order valence-electron chi connectivity index (χ1n) is 4.91. The fourth-order valence-electron chi connectivity index (χ4n) is 1.22. The summed E-state index contributed by atoms with van der Waals surface area (Å²) in [5.41, 5.74) is -0.343. The summed E-state index contributed by atoms with van der Waals surface area (Å²) in [6, 6.07) is 0.398. The molecule has 3 unspecified atom stereocenters. The largest absolute Gasteiger partial charge is 0.394 e. The van der Waals surface area contributed by atoms with Crippen LogP contribution in [0.5, 0.6) is 0 Å². The second-order valence-corrected chi connectivity index (χ2v) is 3.91. The molecule has 0 saturated carbocycles. The lowest BCUT2D eigenvalue weighted by molar-refractivity contribution is 0.00296. The number of nitrogens with one attached hydrogen (secondary N) is 1. The van der Waals surface area contributed by atoms with Crippen molar-refractivity contribution in [1.82, 2.24) is 5.32 Å². The van der Waals surface area contributed by atoms with Gasteiger partial charge in [0.1, 0.15) is 0 Å². The third kappa shape index (κ3) is 3.63. The van der Waals surface area contributed by atoms with E-state index in [1.807, 2.05) is 13.8 Å². The van der Waals surface area contributed by atoms with Crippen LogP contribution < -0.4 is 5.32 Å². The van der Waals surface area contributed by atoms with Gasteiger partial charge in [-0.3, -0.25) is 0 Å². The third-order valence-electron chi connectivity index (χ3n) is 2.77. The summed E-state index contributed by atoms with van der Waals surface area (Å²) in [6.45, 7) is 8.26. The van der Waals surface area contributed by atoms with Crippen molar-refractivity contribution in [3.63, 3.8) is 0 Å². The molecular weight excluding hydrogens is 166 g/mol. The van der Waals surface area contributed by atoms with E-state index >= 15 is 0 Å². The van der Waals surface area contributed by atoms with E-state index in [0.29, 0.717) is 6.04 Å². The van der Waals surface area contributed by atoms with E-state index in [0.717, 1.165) is 6.42 Å². The Kier molecular flexibility index (Phi) is 5.53. The van der Waals surface area contributed by atoms with Crippen LogP contribution >= 0.6 is 0 Å². The second-order valence-electron chi connectivity index (χ2n) is 3.91. The Labute approximate surface area is 81.5 Å². The van der Waals surface area contributed by atoms with E-state index in [2.05, 4.69) is 19.2 Å². The van der Waals surface area contributed by atoms with E-state index in [9.17, 15) is 5.11 Å². The van der Waals surface area contributed by atoms with Crippen LogP contribution in [-0.2, 0) is 4.74 Å². The predicted octanol–water partition coefficient (Wildman–Crippen LogP) is 1.16. The van der Waals surface area contributed by atoms with Crippen molar-refractivity contribution < 1.29 is 9.84 Å². The van der Waals surface area contributed by atoms with Crippen molar-refractivity contribution >= 4 is 0 Å². The SMILES string of the molecule is CCC(C)NC(C)(CO)C(C)OC. The summed E-state index contributed by atoms with van der Waals surface area (Å²) >= 11 is 0. The van der Waals surface area contributed by atoms with Crippen molar-refractivity contribution in [2.45, 2.75) is 51.8 Å². The molecule has 3 nitrogen and oxygen atoms in total. The minimum atomic E-state index is -0.343. The van der Waals surface area contributed by atoms with Crippen LogP contribution in [0.4, 0.5) is 0 Å². The molecule has 0 amide bonds. The van der Waals surface area contributed by atoms with E-state index in [-0.39, 0.29) is 18.2 Å². The molecular formula is C10H23NO2. The van der Waals surface area contributed by atoms with Gasteiger partial charge in [0.25, 0.3) is 0 Å². The lowest BCUT2D eigenvalue weighted by Gasteiger charge is -2.36. The molecule has 3 heteroatoms. The molecule has 0 spiro atoms. The van der Waals surface area contributed by atoms with Crippen molar-refractivity contribution in [3.05, 3.63) is 0 Å². The number of aliphatic hydroxyl groups excluding tert-OH is 1. The van der Waals surface area contributed by atoms with E-state index in [1.54, 1.807) is 7.11 Å². The monoisotopic (exact) mass is 189 g/mol. The molecule has 13 heavy (non-hydrogen) atoms. The molecule has 80 valence electrons. The quantitative estimate of drug-likeness (QED) is 0.659. The molecule has 3 atom stereocenters. The molecule has 0 rings (SSSR count). The van der Waals surface area contributed by atoms with Gasteiger partial charge in [0.05, 0.1) is 18.2 Å². The average Bonchev–Trinajstić information content (AvgIpc) is 2.15. The Bertz CT molecular complexity index is 141. The topological polar surface area (TPSA) is 41.5 Å². The van der Waals surface area contributed by atoms with Gasteiger partial charge >= 0.3 is 0 Å². The van der Waals surface area contributed by atoms with Crippen LogP contribution in [0.3, 0.4) is 0 Å². The van der Waals surface area contributed by atoms with Crippen molar-refractivity contribution in [2.24, 2.45) is 0 Å². The highest BCUT2D eigenvalue weighted by atomic mass is 16.5. The highest BCUT2D eigenvalue weighted by Crippen LogP contribution is 2.13. The van der Waals surface area contributed by atoms with Gasteiger partial charge in [-0.2, -0.15) is 0 Å². The molecule has 0 bridgehead atoms. The molecule has 0 radical (unpaired) electrons. The summed E-state index contributed by atoms with van der Waals surface area (Å²) in [5.74, 6) is 0. The summed E-state index contributed by atoms with van der Waals surface area (Å²) < 4.78 is 5.23. The van der Waals surface area contributed by atoms with E-state index < -0.39 is 0 Å². The Morgan fingerprint density at radius 2 is 2.00 bits per heavy atom. The molecule has 0 saturated heterocycles. The van der Waals surface area contributed by atoms with Crippen LogP contribution in [0.25, 0.3) is 0 Å². The minimum absolute atomic E-state index is 0.00602. The molecule has 0 fully saturated rings. The number of ether oxygens (including phenoxy) is 1. The molecule has 0 aliphatic carbocycles. The van der Waals surface area contributed by atoms with Crippen LogP contribution in [0.2, 0.25) is 0 Å². The zero-order valence-corrected chi connectivity index (χ0v) is 9.42. The molecule has 0 aliphatic heterocycles. The van der Waals surface area contributed by atoms with Gasteiger partial charge in [-0.1, -0.05) is 6.92 Å². The number of hydrogen-bond donors (Lipinski definition) is 2. The maximum Gasteiger partial charge on any atom is 0.0744 e. The molecule has 0 aromatic rings. The number of rotatable bonds is 6. The summed E-state index contributed by atoms with van der Waals surface area (Å²) in [5, 5.41) is 12.7. The Hall–Kier alpha value is -0.120. The highest BCUT2D eigenvalue weighted by molar-refractivity contribution is 4.90. The number of methoxy groups -OCH3 is 1. The predicted molar refractivity (Wildman–Crippen MR) is 54.9 cm³/mol. The van der Waals surface area contributed by atoms with Crippen LogP contribution in [0, 0.1) is 0 Å². The van der Waals surface area contributed by atoms with Crippen molar-refractivity contribution in [1.29, 1.82) is 0 Å². The van der Waals surface area contributed by atoms with E-state index in [4.69, 9.17) is 4.74 Å². The highest BCUT2D eigenvalue weighted by Gasteiger charge is 2.31. The normalized spacial score (nSPS) is 20.8. The molecule has 0 aromatic carbocycles. The number of aliphatic hydroxyl groups is 1. The van der Waals surface area contributed by atoms with Crippen LogP contribution in [-0.4, -0.2) is 36.5 Å². The number of hydrogen-bond acceptors (Lipinski definition) is 3. The smallest absolute Gasteiger partial charge is 0.0744 e. The second kappa shape index (κ2) is 5.58. The van der Waals surface area contributed by atoms with Gasteiger partial charge in [-0.05, 0) is 27.2 Å². The first kappa shape index (κ1) is 12.9. The average molecular weight is 189 g/mol. The Balaban J connectivity index is 4.26. The molecule has 0 aromatic heterocycles. The molecule has 0 aliphatic rings. The first-order chi connectivity index (χ1) is 6.00. The first-order valence-corrected chi connectivity index (χ1v) is 4.91. The summed E-state index contributed by atoms with van der Waals surface area (Å²) in [7, 11) is 1.66. The fraction of sp³-hybridized carbons (Fsp3) is 1.00. The van der Waals surface area contributed by atoms with Crippen molar-refractivity contribution in [2.75, 3.05) is 13.7 Å². The maximum absolute atomic E-state index is 9.29. The van der Waals surface area contributed by atoms with Gasteiger partial charge in [0, 0.05) is 13.2 Å². The van der Waals surface area contributed by atoms with Gasteiger partial charge < -0.3 is 15.2 Å². The zero-order chi connectivity index (χ0) is 10.5. The molecule has 2 N–H and O–H groups in total. The van der Waals surface area contributed by atoms with E-state index in [1.165, 1.54) is 0 Å². The Morgan fingerprint density at radius 1 is 1.46 bits per heavy atom. The molecule has 0 heterocycles. The van der Waals surface area contributed by atoms with Crippen LogP contribution in [0.15, 0.2) is 0 Å². The standard InChI is InChI=1S/C10H23NO2/c1-6-8(2)11-10(4,7-12)9(3)13-5/h8-9,11-12H,6-7H2,1-5H3. The van der Waals surface area contributed by atoms with Gasteiger partial charge in [-0.25, -0.2) is 0 Å². The lowest BCUT2D eigenvalue weighted by atomic mass is 9.95. The van der Waals surface area contributed by atoms with Crippen molar-refractivity contribution in [3.8, 4) is 0 Å². The maximum atomic E-state index is 9.29. The third-order valence-corrected chi connectivity index (χ3v) is 2.77. The zero-order valence-electron chi connectivity index (χ0n) is 9.42. The fourth-order valence-corrected chi connectivity index (χ4v) is 1.22. The summed E-state index contributed by atoms with van der Waals surface area (Å²) in [4.78, 5) is 0. The van der Waals surface area contributed by atoms with Gasteiger partial charge in [0.2, 0.25) is 0 Å². The van der Waals surface area contributed by atoms with Gasteiger partial charge in [0.15, 0.2) is 0 Å². The minimum Gasteiger partial charge on any atom is -0.394 e.